The molecule has 1 aliphatic heterocycles. The summed E-state index contributed by atoms with van der Waals surface area (Å²) in [6.07, 6.45) is 3.74. The highest BCUT2D eigenvalue weighted by atomic mass is 19.1. The van der Waals surface area contributed by atoms with Crippen molar-refractivity contribution in [3.8, 4) is 5.75 Å². The fourth-order valence-electron chi connectivity index (χ4n) is 3.61. The quantitative estimate of drug-likeness (QED) is 0.794. The molecule has 0 atom stereocenters. The normalized spacial score (nSPS) is 16.8. The maximum atomic E-state index is 13.5. The number of carbonyl (C=O) groups excluding carboxylic acids is 1. The molecule has 2 aromatic rings. The van der Waals surface area contributed by atoms with E-state index in [9.17, 15) is 9.18 Å². The smallest absolute Gasteiger partial charge is 0.220 e. The Bertz CT molecular complexity index is 835. The minimum absolute atomic E-state index is 0.130. The molecule has 0 unspecified atom stereocenters. The molecule has 0 spiro atoms. The van der Waals surface area contributed by atoms with Crippen molar-refractivity contribution in [3.63, 3.8) is 0 Å². The Labute approximate surface area is 165 Å². The number of ether oxygens (including phenoxy) is 1. The summed E-state index contributed by atoms with van der Waals surface area (Å²) in [6, 6.07) is 13.0. The maximum Gasteiger partial charge on any atom is 0.220 e. The topological polar surface area (TPSA) is 41.6 Å². The van der Waals surface area contributed by atoms with Crippen LogP contribution in [0.3, 0.4) is 0 Å². The summed E-state index contributed by atoms with van der Waals surface area (Å²) in [4.78, 5) is 14.3. The van der Waals surface area contributed by atoms with Gasteiger partial charge in [0.2, 0.25) is 5.91 Å². The first kappa shape index (κ1) is 18.9. The van der Waals surface area contributed by atoms with Crippen LogP contribution in [0.1, 0.15) is 36.0 Å². The SMILES string of the molecule is O=C(CCc1ccc2c(c1)CN(Cc1cccc(F)c1)CCO2)NCC1CC1. The predicted molar refractivity (Wildman–Crippen MR) is 107 cm³/mol. The van der Waals surface area contributed by atoms with Crippen molar-refractivity contribution >= 4 is 5.91 Å². The van der Waals surface area contributed by atoms with Gasteiger partial charge in [0, 0.05) is 38.2 Å². The average Bonchev–Trinajstić information content (AvgIpc) is 3.51. The zero-order valence-electron chi connectivity index (χ0n) is 16.1. The summed E-state index contributed by atoms with van der Waals surface area (Å²) in [5.41, 5.74) is 3.24. The van der Waals surface area contributed by atoms with Crippen LogP contribution in [0.5, 0.6) is 5.75 Å². The van der Waals surface area contributed by atoms with Crippen molar-refractivity contribution in [3.05, 3.63) is 65.0 Å². The van der Waals surface area contributed by atoms with E-state index in [1.165, 1.54) is 18.9 Å². The van der Waals surface area contributed by atoms with Crippen molar-refractivity contribution < 1.29 is 13.9 Å². The molecule has 148 valence electrons. The molecule has 2 aromatic carbocycles. The van der Waals surface area contributed by atoms with E-state index in [-0.39, 0.29) is 11.7 Å². The second-order valence-electron chi connectivity index (χ2n) is 7.88. The van der Waals surface area contributed by atoms with E-state index < -0.39 is 0 Å². The molecule has 1 heterocycles. The van der Waals surface area contributed by atoms with Crippen LogP contribution in [0.2, 0.25) is 0 Å². The monoisotopic (exact) mass is 382 g/mol. The second-order valence-corrected chi connectivity index (χ2v) is 7.88. The molecular formula is C23H27FN2O2. The first-order chi connectivity index (χ1) is 13.7. The van der Waals surface area contributed by atoms with Crippen LogP contribution in [0.25, 0.3) is 0 Å². The molecule has 0 radical (unpaired) electrons. The number of fused-ring (bicyclic) bond motifs is 1. The summed E-state index contributed by atoms with van der Waals surface area (Å²) < 4.78 is 19.4. The number of rotatable bonds is 7. The van der Waals surface area contributed by atoms with Gasteiger partial charge in [0.05, 0.1) is 0 Å². The fourth-order valence-corrected chi connectivity index (χ4v) is 3.61. The average molecular weight is 382 g/mol. The van der Waals surface area contributed by atoms with E-state index in [4.69, 9.17) is 4.74 Å². The Hall–Kier alpha value is -2.40. The molecule has 0 bridgehead atoms. The Morgan fingerprint density at radius 3 is 2.89 bits per heavy atom. The van der Waals surface area contributed by atoms with Crippen LogP contribution >= 0.6 is 0 Å². The lowest BCUT2D eigenvalue weighted by Crippen LogP contribution is -2.25. The minimum Gasteiger partial charge on any atom is -0.492 e. The molecule has 1 aliphatic carbocycles. The third-order valence-corrected chi connectivity index (χ3v) is 5.40. The first-order valence-corrected chi connectivity index (χ1v) is 10.1. The molecule has 28 heavy (non-hydrogen) atoms. The molecule has 1 N–H and O–H groups in total. The zero-order chi connectivity index (χ0) is 19.3. The highest BCUT2D eigenvalue weighted by Crippen LogP contribution is 2.28. The van der Waals surface area contributed by atoms with Crippen LogP contribution < -0.4 is 10.1 Å². The summed E-state index contributed by atoms with van der Waals surface area (Å²) >= 11 is 0. The van der Waals surface area contributed by atoms with Gasteiger partial charge in [-0.05, 0) is 54.5 Å². The maximum absolute atomic E-state index is 13.5. The molecule has 0 aromatic heterocycles. The first-order valence-electron chi connectivity index (χ1n) is 10.1. The van der Waals surface area contributed by atoms with Crippen molar-refractivity contribution in [1.82, 2.24) is 10.2 Å². The fraction of sp³-hybridized carbons (Fsp3) is 0.435. The van der Waals surface area contributed by atoms with Gasteiger partial charge >= 0.3 is 0 Å². The molecule has 2 aliphatic rings. The van der Waals surface area contributed by atoms with Gasteiger partial charge in [-0.2, -0.15) is 0 Å². The molecule has 4 rings (SSSR count). The summed E-state index contributed by atoms with van der Waals surface area (Å²) in [5.74, 6) is 1.54. The lowest BCUT2D eigenvalue weighted by molar-refractivity contribution is -0.121. The number of nitrogens with zero attached hydrogens (tertiary/aromatic N) is 1. The van der Waals surface area contributed by atoms with E-state index in [2.05, 4.69) is 22.3 Å². The number of benzene rings is 2. The van der Waals surface area contributed by atoms with E-state index in [0.717, 1.165) is 48.5 Å². The predicted octanol–water partition coefficient (Wildman–Crippen LogP) is 3.68. The number of aryl methyl sites for hydroxylation is 1. The molecule has 1 amide bonds. The summed E-state index contributed by atoms with van der Waals surface area (Å²) in [5, 5.41) is 3.02. The van der Waals surface area contributed by atoms with Gasteiger partial charge in [-0.1, -0.05) is 24.3 Å². The summed E-state index contributed by atoms with van der Waals surface area (Å²) in [7, 11) is 0. The van der Waals surface area contributed by atoms with Gasteiger partial charge in [-0.25, -0.2) is 4.39 Å². The van der Waals surface area contributed by atoms with Crippen molar-refractivity contribution in [2.75, 3.05) is 19.7 Å². The van der Waals surface area contributed by atoms with Crippen LogP contribution in [0.15, 0.2) is 42.5 Å². The molecule has 0 saturated heterocycles. The van der Waals surface area contributed by atoms with E-state index in [1.807, 2.05) is 12.1 Å². The second kappa shape index (κ2) is 8.74. The van der Waals surface area contributed by atoms with E-state index >= 15 is 0 Å². The molecule has 4 nitrogen and oxygen atoms in total. The molecular weight excluding hydrogens is 355 g/mol. The van der Waals surface area contributed by atoms with Gasteiger partial charge in [-0.15, -0.1) is 0 Å². The Morgan fingerprint density at radius 1 is 1.18 bits per heavy atom. The van der Waals surface area contributed by atoms with Gasteiger partial charge < -0.3 is 10.1 Å². The highest BCUT2D eigenvalue weighted by molar-refractivity contribution is 5.76. The number of amides is 1. The Kier molecular flexibility index (Phi) is 5.91. The lowest BCUT2D eigenvalue weighted by Gasteiger charge is -2.19. The van der Waals surface area contributed by atoms with Crippen LogP contribution in [0.4, 0.5) is 4.39 Å². The number of halogens is 1. The largest absolute Gasteiger partial charge is 0.492 e. The third-order valence-electron chi connectivity index (χ3n) is 5.40. The molecule has 1 fully saturated rings. The van der Waals surface area contributed by atoms with Crippen LogP contribution in [0, 0.1) is 11.7 Å². The number of hydrogen-bond acceptors (Lipinski definition) is 3. The van der Waals surface area contributed by atoms with E-state index in [0.29, 0.717) is 25.5 Å². The minimum atomic E-state index is -0.203. The Balaban J connectivity index is 1.36. The number of carbonyl (C=O) groups is 1. The van der Waals surface area contributed by atoms with Crippen LogP contribution in [-0.2, 0) is 24.3 Å². The highest BCUT2D eigenvalue weighted by Gasteiger charge is 2.21. The van der Waals surface area contributed by atoms with E-state index in [1.54, 1.807) is 12.1 Å². The van der Waals surface area contributed by atoms with Gasteiger partial charge in [0.1, 0.15) is 18.2 Å². The molecule has 1 saturated carbocycles. The van der Waals surface area contributed by atoms with Gasteiger partial charge in [-0.3, -0.25) is 9.69 Å². The Morgan fingerprint density at radius 2 is 2.07 bits per heavy atom. The van der Waals surface area contributed by atoms with Gasteiger partial charge in [0.25, 0.3) is 0 Å². The van der Waals surface area contributed by atoms with Crippen molar-refractivity contribution in [2.45, 2.75) is 38.8 Å². The molecule has 5 heteroatoms. The van der Waals surface area contributed by atoms with Crippen molar-refractivity contribution in [2.24, 2.45) is 5.92 Å². The van der Waals surface area contributed by atoms with Crippen LogP contribution in [-0.4, -0.2) is 30.5 Å². The standard InChI is InChI=1S/C23H27FN2O2/c24-21-3-1-2-19(13-21)15-26-10-11-28-22-8-6-17(12-20(22)16-26)7-9-23(27)25-14-18-4-5-18/h1-3,6,8,12-13,18H,4-5,7,9-11,14-16H2,(H,25,27). The zero-order valence-corrected chi connectivity index (χ0v) is 16.1. The number of nitrogens with one attached hydrogen (secondary N) is 1. The summed E-state index contributed by atoms with van der Waals surface area (Å²) in [6.45, 7) is 3.68. The van der Waals surface area contributed by atoms with Gasteiger partial charge in [0.15, 0.2) is 0 Å². The number of hydrogen-bond donors (Lipinski definition) is 1. The third kappa shape index (κ3) is 5.32. The lowest BCUT2D eigenvalue weighted by atomic mass is 10.0. The van der Waals surface area contributed by atoms with Crippen molar-refractivity contribution in [1.29, 1.82) is 0 Å².